The summed E-state index contributed by atoms with van der Waals surface area (Å²) in [6, 6.07) is 7.51. The highest BCUT2D eigenvalue weighted by molar-refractivity contribution is 9.10. The molecule has 0 aromatic heterocycles. The van der Waals surface area contributed by atoms with E-state index in [1.165, 1.54) is 0 Å². The Kier molecular flexibility index (Phi) is 5.80. The lowest BCUT2D eigenvalue weighted by Crippen LogP contribution is -2.52. The monoisotopic (exact) mass is 423 g/mol. The first-order chi connectivity index (χ1) is 12.5. The zero-order valence-electron chi connectivity index (χ0n) is 14.7. The van der Waals surface area contributed by atoms with Crippen LogP contribution < -0.4 is 4.90 Å². The van der Waals surface area contributed by atoms with E-state index in [0.29, 0.717) is 39.3 Å². The van der Waals surface area contributed by atoms with Gasteiger partial charge in [-0.15, -0.1) is 0 Å². The van der Waals surface area contributed by atoms with E-state index in [0.717, 1.165) is 10.2 Å². The average Bonchev–Trinajstić information content (AvgIpc) is 3.03. The smallest absolute Gasteiger partial charge is 0.409 e. The molecule has 1 atom stereocenters. The molecule has 3 amide bonds. The standard InChI is InChI=1S/C18H22BrN3O4/c1-2-26-18(25)21-9-7-20(8-10-21)17(24)13-11-16(23)22(12-13)15-6-4-3-5-14(15)19/h3-6,13H,2,7-12H2,1H3/t13-/m1/s1. The molecule has 0 spiro atoms. The number of rotatable bonds is 3. The second-order valence-electron chi connectivity index (χ2n) is 6.37. The van der Waals surface area contributed by atoms with E-state index in [-0.39, 0.29) is 30.2 Å². The molecule has 26 heavy (non-hydrogen) atoms. The van der Waals surface area contributed by atoms with E-state index >= 15 is 0 Å². The maximum Gasteiger partial charge on any atom is 0.409 e. The van der Waals surface area contributed by atoms with Crippen LogP contribution in [0.1, 0.15) is 13.3 Å². The SMILES string of the molecule is CCOC(=O)N1CCN(C(=O)[C@@H]2CC(=O)N(c3ccccc3Br)C2)CC1. The fourth-order valence-corrected chi connectivity index (χ4v) is 3.86. The molecule has 2 aliphatic heterocycles. The number of benzene rings is 1. The third-order valence-corrected chi connectivity index (χ3v) is 5.41. The molecule has 7 nitrogen and oxygen atoms in total. The molecule has 1 aromatic carbocycles. The number of amides is 3. The molecular formula is C18H22BrN3O4. The van der Waals surface area contributed by atoms with Gasteiger partial charge in [-0.1, -0.05) is 12.1 Å². The molecule has 2 aliphatic rings. The second kappa shape index (κ2) is 8.07. The van der Waals surface area contributed by atoms with Gasteiger partial charge in [0.15, 0.2) is 0 Å². The Morgan fingerprint density at radius 2 is 1.81 bits per heavy atom. The Balaban J connectivity index is 1.59. The van der Waals surface area contributed by atoms with Crippen molar-refractivity contribution in [2.75, 3.05) is 44.2 Å². The largest absolute Gasteiger partial charge is 0.450 e. The van der Waals surface area contributed by atoms with Crippen LogP contribution >= 0.6 is 15.9 Å². The molecule has 8 heteroatoms. The minimum absolute atomic E-state index is 0.0172. The molecule has 2 saturated heterocycles. The number of anilines is 1. The molecule has 0 bridgehead atoms. The zero-order valence-corrected chi connectivity index (χ0v) is 16.3. The van der Waals surface area contributed by atoms with Gasteiger partial charge in [-0.3, -0.25) is 9.59 Å². The first kappa shape index (κ1) is 18.7. The van der Waals surface area contributed by atoms with E-state index in [1.807, 2.05) is 24.3 Å². The summed E-state index contributed by atoms with van der Waals surface area (Å²) in [5.74, 6) is -0.402. The number of hydrogen-bond donors (Lipinski definition) is 0. The van der Waals surface area contributed by atoms with Crippen LogP contribution in [0.4, 0.5) is 10.5 Å². The number of nitrogens with zero attached hydrogens (tertiary/aromatic N) is 3. The number of piperazine rings is 1. The third-order valence-electron chi connectivity index (χ3n) is 4.73. The van der Waals surface area contributed by atoms with Gasteiger partial charge >= 0.3 is 6.09 Å². The highest BCUT2D eigenvalue weighted by atomic mass is 79.9. The number of hydrogen-bond acceptors (Lipinski definition) is 4. The lowest BCUT2D eigenvalue weighted by atomic mass is 10.1. The number of carbonyl (C=O) groups excluding carboxylic acids is 3. The highest BCUT2D eigenvalue weighted by Crippen LogP contribution is 2.32. The fourth-order valence-electron chi connectivity index (χ4n) is 3.36. The van der Waals surface area contributed by atoms with Crippen molar-refractivity contribution in [3.63, 3.8) is 0 Å². The zero-order chi connectivity index (χ0) is 18.7. The van der Waals surface area contributed by atoms with Crippen LogP contribution in [0.5, 0.6) is 0 Å². The molecule has 1 aromatic rings. The van der Waals surface area contributed by atoms with E-state index in [4.69, 9.17) is 4.74 Å². The van der Waals surface area contributed by atoms with Crippen LogP contribution in [0.15, 0.2) is 28.7 Å². The molecule has 140 valence electrons. The van der Waals surface area contributed by atoms with Gasteiger partial charge in [-0.25, -0.2) is 4.79 Å². The van der Waals surface area contributed by atoms with E-state index < -0.39 is 0 Å². The van der Waals surface area contributed by atoms with Gasteiger partial charge in [0.2, 0.25) is 11.8 Å². The molecule has 0 unspecified atom stereocenters. The van der Waals surface area contributed by atoms with Crippen LogP contribution in [-0.4, -0.2) is 67.0 Å². The van der Waals surface area contributed by atoms with Crippen LogP contribution in [0.2, 0.25) is 0 Å². The van der Waals surface area contributed by atoms with Gasteiger partial charge in [-0.2, -0.15) is 0 Å². The van der Waals surface area contributed by atoms with Crippen molar-refractivity contribution in [1.82, 2.24) is 9.80 Å². The van der Waals surface area contributed by atoms with Crippen molar-refractivity contribution in [3.05, 3.63) is 28.7 Å². The number of halogens is 1. The Labute approximate surface area is 161 Å². The minimum atomic E-state index is -0.344. The number of para-hydroxylation sites is 1. The molecular weight excluding hydrogens is 402 g/mol. The van der Waals surface area contributed by atoms with E-state index in [1.54, 1.807) is 21.6 Å². The maximum absolute atomic E-state index is 12.8. The Morgan fingerprint density at radius 3 is 2.46 bits per heavy atom. The summed E-state index contributed by atoms with van der Waals surface area (Å²) in [6.07, 6.45) is -0.117. The highest BCUT2D eigenvalue weighted by Gasteiger charge is 2.38. The van der Waals surface area contributed by atoms with Crippen molar-refractivity contribution in [1.29, 1.82) is 0 Å². The lowest BCUT2D eigenvalue weighted by molar-refractivity contribution is -0.137. The maximum atomic E-state index is 12.8. The van der Waals surface area contributed by atoms with Crippen molar-refractivity contribution in [3.8, 4) is 0 Å². The Morgan fingerprint density at radius 1 is 1.15 bits per heavy atom. The van der Waals surface area contributed by atoms with Gasteiger partial charge in [0.25, 0.3) is 0 Å². The van der Waals surface area contributed by atoms with Gasteiger partial charge in [0.05, 0.1) is 18.2 Å². The van der Waals surface area contributed by atoms with Gasteiger partial charge < -0.3 is 19.4 Å². The van der Waals surface area contributed by atoms with Crippen molar-refractivity contribution in [2.45, 2.75) is 13.3 Å². The summed E-state index contributed by atoms with van der Waals surface area (Å²) < 4.78 is 5.83. The summed E-state index contributed by atoms with van der Waals surface area (Å²) >= 11 is 3.46. The summed E-state index contributed by atoms with van der Waals surface area (Å²) in [5.41, 5.74) is 0.792. The lowest BCUT2D eigenvalue weighted by Gasteiger charge is -2.35. The van der Waals surface area contributed by atoms with Gasteiger partial charge in [0.1, 0.15) is 0 Å². The van der Waals surface area contributed by atoms with E-state index in [2.05, 4.69) is 15.9 Å². The topological polar surface area (TPSA) is 70.2 Å². The first-order valence-electron chi connectivity index (χ1n) is 8.76. The number of ether oxygens (including phenoxy) is 1. The van der Waals surface area contributed by atoms with Crippen LogP contribution in [0.3, 0.4) is 0 Å². The molecule has 2 heterocycles. The quantitative estimate of drug-likeness (QED) is 0.746. The average molecular weight is 424 g/mol. The second-order valence-corrected chi connectivity index (χ2v) is 7.22. The molecule has 0 saturated carbocycles. The van der Waals surface area contributed by atoms with Crippen LogP contribution in [0, 0.1) is 5.92 Å². The van der Waals surface area contributed by atoms with Gasteiger partial charge in [0, 0.05) is 43.6 Å². The third kappa shape index (κ3) is 3.85. The van der Waals surface area contributed by atoms with Crippen molar-refractivity contribution < 1.29 is 19.1 Å². The molecule has 3 rings (SSSR count). The summed E-state index contributed by atoms with van der Waals surface area (Å²) in [5, 5.41) is 0. The fraction of sp³-hybridized carbons (Fsp3) is 0.500. The molecule has 2 fully saturated rings. The van der Waals surface area contributed by atoms with Crippen molar-refractivity contribution >= 4 is 39.5 Å². The predicted octanol–water partition coefficient (Wildman–Crippen LogP) is 2.10. The Hall–Kier alpha value is -2.09. The van der Waals surface area contributed by atoms with Crippen LogP contribution in [0.25, 0.3) is 0 Å². The van der Waals surface area contributed by atoms with Gasteiger partial charge in [-0.05, 0) is 35.0 Å². The summed E-state index contributed by atoms with van der Waals surface area (Å²) in [4.78, 5) is 42.0. The molecule has 0 radical (unpaired) electrons. The molecule has 0 N–H and O–H groups in total. The summed E-state index contributed by atoms with van der Waals surface area (Å²) in [6.45, 7) is 4.35. The molecule has 0 aliphatic carbocycles. The Bertz CT molecular complexity index is 703. The predicted molar refractivity (Wildman–Crippen MR) is 99.8 cm³/mol. The van der Waals surface area contributed by atoms with Crippen molar-refractivity contribution in [2.24, 2.45) is 5.92 Å². The minimum Gasteiger partial charge on any atom is -0.450 e. The first-order valence-corrected chi connectivity index (χ1v) is 9.56. The van der Waals surface area contributed by atoms with Crippen LogP contribution in [-0.2, 0) is 14.3 Å². The van der Waals surface area contributed by atoms with E-state index in [9.17, 15) is 14.4 Å². The normalized spacial score (nSPS) is 20.5. The summed E-state index contributed by atoms with van der Waals surface area (Å²) in [7, 11) is 0. The number of carbonyl (C=O) groups is 3.